The van der Waals surface area contributed by atoms with Crippen molar-refractivity contribution in [3.8, 4) is 11.5 Å². The van der Waals surface area contributed by atoms with Gasteiger partial charge in [0.1, 0.15) is 17.2 Å². The van der Waals surface area contributed by atoms with Crippen LogP contribution in [0, 0.1) is 11.6 Å². The summed E-state index contributed by atoms with van der Waals surface area (Å²) in [6.45, 7) is 4.83. The Balaban J connectivity index is 1.69. The minimum Gasteiger partial charge on any atom is -0.490 e. The van der Waals surface area contributed by atoms with Gasteiger partial charge in [-0.15, -0.1) is 0 Å². The number of carbonyl (C=O) groups is 1. The van der Waals surface area contributed by atoms with Gasteiger partial charge in [-0.2, -0.15) is 0 Å². The van der Waals surface area contributed by atoms with Crippen molar-refractivity contribution in [2.75, 3.05) is 13.2 Å². The Hall–Kier alpha value is -4.20. The lowest BCUT2D eigenvalue weighted by atomic mass is 9.97. The number of carbonyl (C=O) groups excluding carboxylic acids is 1. The van der Waals surface area contributed by atoms with Crippen LogP contribution in [0.25, 0.3) is 11.0 Å². The number of amides is 1. The maximum absolute atomic E-state index is 14.0. The quantitative estimate of drug-likeness (QED) is 0.294. The van der Waals surface area contributed by atoms with Gasteiger partial charge in [-0.3, -0.25) is 9.59 Å². The minimum absolute atomic E-state index is 0.0492. The number of hydrogen-bond donors (Lipinski definition) is 0. The smallest absolute Gasteiger partial charge is 0.291 e. The Morgan fingerprint density at radius 2 is 1.65 bits per heavy atom. The molecule has 0 bridgehead atoms. The Morgan fingerprint density at radius 1 is 0.892 bits per heavy atom. The van der Waals surface area contributed by atoms with Gasteiger partial charge in [-0.25, -0.2) is 8.78 Å². The maximum Gasteiger partial charge on any atom is 0.291 e. The van der Waals surface area contributed by atoms with E-state index in [2.05, 4.69) is 0 Å². The summed E-state index contributed by atoms with van der Waals surface area (Å²) in [7, 11) is 0. The monoisotopic (exact) mass is 505 g/mol. The van der Waals surface area contributed by atoms with Crippen molar-refractivity contribution < 1.29 is 27.5 Å². The van der Waals surface area contributed by atoms with E-state index in [4.69, 9.17) is 13.9 Å². The summed E-state index contributed by atoms with van der Waals surface area (Å²) in [5.41, 5.74) is 1.03. The fraction of sp³-hybridized carbons (Fsp3) is 0.241. The van der Waals surface area contributed by atoms with E-state index in [1.165, 1.54) is 29.2 Å². The van der Waals surface area contributed by atoms with Gasteiger partial charge in [0, 0.05) is 6.54 Å². The van der Waals surface area contributed by atoms with Crippen LogP contribution < -0.4 is 14.9 Å². The van der Waals surface area contributed by atoms with Gasteiger partial charge in [0.2, 0.25) is 5.76 Å². The third-order valence-electron chi connectivity index (χ3n) is 6.24. The van der Waals surface area contributed by atoms with Crippen molar-refractivity contribution in [2.24, 2.45) is 0 Å². The standard InChI is InChI=1S/C29H25F2NO5/c1-3-13-36-23-11-7-18(14-24(23)35-4-2)26-25-27(33)21-15-20(31)10-12-22(21)37-28(25)29(34)32(26)16-17-5-8-19(30)9-6-17/h5-12,14-15,26H,3-4,13,16H2,1-2H3. The van der Waals surface area contributed by atoms with Crippen LogP contribution in [-0.2, 0) is 6.54 Å². The molecule has 1 aliphatic rings. The molecule has 2 heterocycles. The van der Waals surface area contributed by atoms with Crippen molar-refractivity contribution in [2.45, 2.75) is 32.9 Å². The van der Waals surface area contributed by atoms with E-state index in [-0.39, 0.29) is 28.8 Å². The molecule has 0 saturated carbocycles. The van der Waals surface area contributed by atoms with E-state index in [9.17, 15) is 18.4 Å². The van der Waals surface area contributed by atoms with Crippen LogP contribution in [0.15, 0.2) is 69.9 Å². The number of rotatable bonds is 8. The molecule has 8 heteroatoms. The molecular formula is C29H25F2NO5. The van der Waals surface area contributed by atoms with Gasteiger partial charge in [0.15, 0.2) is 16.9 Å². The van der Waals surface area contributed by atoms with Gasteiger partial charge in [-0.05, 0) is 66.9 Å². The molecule has 1 amide bonds. The average molecular weight is 506 g/mol. The van der Waals surface area contributed by atoms with Crippen LogP contribution in [0.2, 0.25) is 0 Å². The zero-order valence-electron chi connectivity index (χ0n) is 20.4. The van der Waals surface area contributed by atoms with Crippen LogP contribution in [0.1, 0.15) is 53.6 Å². The molecule has 37 heavy (non-hydrogen) atoms. The van der Waals surface area contributed by atoms with Crippen LogP contribution >= 0.6 is 0 Å². The molecule has 1 atom stereocenters. The van der Waals surface area contributed by atoms with Gasteiger partial charge >= 0.3 is 0 Å². The number of halogens is 2. The SMILES string of the molecule is CCCOc1ccc(C2c3c(oc4ccc(F)cc4c3=O)C(=O)N2Cc2ccc(F)cc2)cc1OCC. The van der Waals surface area contributed by atoms with E-state index in [1.54, 1.807) is 30.3 Å². The number of nitrogens with zero attached hydrogens (tertiary/aromatic N) is 1. The summed E-state index contributed by atoms with van der Waals surface area (Å²) in [6, 6.07) is 13.8. The number of fused-ring (bicyclic) bond motifs is 2. The number of hydrogen-bond acceptors (Lipinski definition) is 5. The summed E-state index contributed by atoms with van der Waals surface area (Å²) < 4.78 is 45.1. The highest BCUT2D eigenvalue weighted by molar-refractivity contribution is 5.99. The Bertz CT molecular complexity index is 1530. The molecule has 190 valence electrons. The normalized spacial score (nSPS) is 14.8. The van der Waals surface area contributed by atoms with Crippen LogP contribution in [0.4, 0.5) is 8.78 Å². The van der Waals surface area contributed by atoms with Crippen molar-refractivity contribution in [3.05, 3.63) is 105 Å². The lowest BCUT2D eigenvalue weighted by molar-refractivity contribution is 0.0714. The van der Waals surface area contributed by atoms with Crippen LogP contribution in [0.5, 0.6) is 11.5 Å². The first-order chi connectivity index (χ1) is 17.9. The summed E-state index contributed by atoms with van der Waals surface area (Å²) in [5, 5.41) is 0.0492. The highest BCUT2D eigenvalue weighted by atomic mass is 19.1. The maximum atomic E-state index is 14.0. The molecule has 1 aromatic heterocycles. The molecule has 6 nitrogen and oxygen atoms in total. The molecule has 0 spiro atoms. The van der Waals surface area contributed by atoms with Crippen LogP contribution in [0.3, 0.4) is 0 Å². The van der Waals surface area contributed by atoms with Crippen molar-refractivity contribution in [1.29, 1.82) is 0 Å². The molecule has 0 N–H and O–H groups in total. The number of ether oxygens (including phenoxy) is 2. The fourth-order valence-corrected chi connectivity index (χ4v) is 4.58. The molecule has 3 aromatic carbocycles. The third-order valence-corrected chi connectivity index (χ3v) is 6.24. The first-order valence-electron chi connectivity index (χ1n) is 12.1. The topological polar surface area (TPSA) is 69.0 Å². The lowest BCUT2D eigenvalue weighted by Gasteiger charge is -2.26. The minimum atomic E-state index is -0.837. The molecule has 1 aliphatic heterocycles. The Labute approximate surface area is 212 Å². The summed E-state index contributed by atoms with van der Waals surface area (Å²) >= 11 is 0. The van der Waals surface area contributed by atoms with Gasteiger partial charge in [-0.1, -0.05) is 25.1 Å². The molecule has 1 unspecified atom stereocenters. The lowest BCUT2D eigenvalue weighted by Crippen LogP contribution is -2.29. The second-order valence-electron chi connectivity index (χ2n) is 8.76. The Morgan fingerprint density at radius 3 is 2.38 bits per heavy atom. The highest BCUT2D eigenvalue weighted by Crippen LogP contribution is 2.42. The average Bonchev–Trinajstić information content (AvgIpc) is 3.16. The zero-order chi connectivity index (χ0) is 26.1. The van der Waals surface area contributed by atoms with E-state index >= 15 is 0 Å². The largest absolute Gasteiger partial charge is 0.490 e. The third kappa shape index (κ3) is 4.55. The molecule has 4 aromatic rings. The van der Waals surface area contributed by atoms with Crippen molar-refractivity contribution >= 4 is 16.9 Å². The first kappa shape index (κ1) is 24.5. The predicted octanol–water partition coefficient (Wildman–Crippen LogP) is 6.00. The second kappa shape index (κ2) is 10.0. The van der Waals surface area contributed by atoms with E-state index in [0.29, 0.717) is 35.8 Å². The molecule has 0 aliphatic carbocycles. The highest BCUT2D eigenvalue weighted by Gasteiger charge is 2.43. The fourth-order valence-electron chi connectivity index (χ4n) is 4.58. The predicted molar refractivity (Wildman–Crippen MR) is 134 cm³/mol. The summed E-state index contributed by atoms with van der Waals surface area (Å²) in [5.74, 6) is -0.537. The van der Waals surface area contributed by atoms with Gasteiger partial charge in [0.25, 0.3) is 5.91 Å². The molecule has 0 radical (unpaired) electrons. The first-order valence-corrected chi connectivity index (χ1v) is 12.1. The van der Waals surface area contributed by atoms with Gasteiger partial charge < -0.3 is 18.8 Å². The Kier molecular flexibility index (Phi) is 6.65. The van der Waals surface area contributed by atoms with E-state index in [1.807, 2.05) is 13.8 Å². The van der Waals surface area contributed by atoms with E-state index in [0.717, 1.165) is 12.5 Å². The van der Waals surface area contributed by atoms with Crippen molar-refractivity contribution in [3.63, 3.8) is 0 Å². The second-order valence-corrected chi connectivity index (χ2v) is 8.76. The van der Waals surface area contributed by atoms with Gasteiger partial charge in [0.05, 0.1) is 30.2 Å². The molecule has 0 fully saturated rings. The number of benzene rings is 3. The molecule has 5 rings (SSSR count). The zero-order valence-corrected chi connectivity index (χ0v) is 20.4. The van der Waals surface area contributed by atoms with E-state index < -0.39 is 29.0 Å². The molecular weight excluding hydrogens is 480 g/mol. The molecule has 0 saturated heterocycles. The van der Waals surface area contributed by atoms with Crippen molar-refractivity contribution in [1.82, 2.24) is 4.90 Å². The summed E-state index contributed by atoms with van der Waals surface area (Å²) in [4.78, 5) is 28.8. The summed E-state index contributed by atoms with van der Waals surface area (Å²) in [6.07, 6.45) is 0.813. The van der Waals surface area contributed by atoms with Crippen LogP contribution in [-0.4, -0.2) is 24.0 Å².